The van der Waals surface area contributed by atoms with E-state index in [4.69, 9.17) is 0 Å². The molecule has 2 rings (SSSR count). The normalized spacial score (nSPS) is 10.3. The van der Waals surface area contributed by atoms with Gasteiger partial charge in [-0.3, -0.25) is 4.79 Å². The average molecular weight is 267 g/mol. The first-order valence-corrected chi connectivity index (χ1v) is 7.07. The van der Waals surface area contributed by atoms with Crippen LogP contribution >= 0.6 is 0 Å². The fourth-order valence-corrected chi connectivity index (χ4v) is 2.38. The minimum absolute atomic E-state index is 0.251. The molecule has 0 N–H and O–H groups in total. The number of hydrogen-bond donors (Lipinski definition) is 0. The molecule has 0 unspecified atom stereocenters. The number of benzene rings is 2. The summed E-state index contributed by atoms with van der Waals surface area (Å²) in [5, 5.41) is 0. The van der Waals surface area contributed by atoms with Gasteiger partial charge in [0.05, 0.1) is 6.54 Å². The van der Waals surface area contributed by atoms with Gasteiger partial charge in [-0.1, -0.05) is 48.5 Å². The number of nitrogens with zero attached hydrogens (tertiary/aromatic N) is 1. The lowest BCUT2D eigenvalue weighted by atomic mass is 10.1. The molecule has 0 radical (unpaired) electrons. The van der Waals surface area contributed by atoms with Crippen LogP contribution in [0, 0.1) is 6.92 Å². The zero-order valence-electron chi connectivity index (χ0n) is 12.2. The fraction of sp³-hybridized carbons (Fsp3) is 0.278. The van der Waals surface area contributed by atoms with E-state index in [9.17, 15) is 4.79 Å². The molecule has 0 atom stereocenters. The van der Waals surface area contributed by atoms with E-state index in [-0.39, 0.29) is 5.78 Å². The van der Waals surface area contributed by atoms with E-state index >= 15 is 0 Å². The fourth-order valence-electron chi connectivity index (χ4n) is 2.38. The molecular weight excluding hydrogens is 246 g/mol. The highest BCUT2D eigenvalue weighted by atomic mass is 16.1. The Bertz CT molecular complexity index is 563. The van der Waals surface area contributed by atoms with Crippen LogP contribution < -0.4 is 4.90 Å². The predicted molar refractivity (Wildman–Crippen MR) is 84.2 cm³/mol. The number of likely N-dealkylation sites (N-methyl/N-ethyl adjacent to an activating group) is 1. The molecule has 0 aliphatic rings. The van der Waals surface area contributed by atoms with E-state index in [1.165, 1.54) is 5.56 Å². The number of carbonyl (C=O) groups excluding carboxylic acids is 1. The van der Waals surface area contributed by atoms with Crippen molar-refractivity contribution in [1.82, 2.24) is 0 Å². The highest BCUT2D eigenvalue weighted by molar-refractivity contribution is 5.85. The summed E-state index contributed by atoms with van der Waals surface area (Å²) < 4.78 is 0. The van der Waals surface area contributed by atoms with Crippen LogP contribution in [0.4, 0.5) is 5.69 Å². The molecule has 20 heavy (non-hydrogen) atoms. The van der Waals surface area contributed by atoms with Crippen LogP contribution in [-0.2, 0) is 11.2 Å². The second kappa shape index (κ2) is 6.90. The Morgan fingerprint density at radius 1 is 1.00 bits per heavy atom. The number of hydrogen-bond acceptors (Lipinski definition) is 2. The van der Waals surface area contributed by atoms with Gasteiger partial charge in [-0.2, -0.15) is 0 Å². The summed E-state index contributed by atoms with van der Waals surface area (Å²) in [6.07, 6.45) is 0.503. The van der Waals surface area contributed by atoms with Crippen molar-refractivity contribution in [3.8, 4) is 0 Å². The zero-order chi connectivity index (χ0) is 14.4. The molecule has 0 fully saturated rings. The average Bonchev–Trinajstić information content (AvgIpc) is 2.46. The number of para-hydroxylation sites is 1. The lowest BCUT2D eigenvalue weighted by molar-refractivity contribution is -0.117. The third kappa shape index (κ3) is 3.70. The molecule has 104 valence electrons. The largest absolute Gasteiger partial charge is 0.364 e. The van der Waals surface area contributed by atoms with Gasteiger partial charge < -0.3 is 4.90 Å². The summed E-state index contributed by atoms with van der Waals surface area (Å²) >= 11 is 0. The maximum Gasteiger partial charge on any atom is 0.156 e. The molecule has 2 heteroatoms. The lowest BCUT2D eigenvalue weighted by Crippen LogP contribution is -2.31. The third-order valence-corrected chi connectivity index (χ3v) is 3.45. The van der Waals surface area contributed by atoms with E-state index in [0.717, 1.165) is 17.8 Å². The number of ketones is 1. The topological polar surface area (TPSA) is 20.3 Å². The minimum Gasteiger partial charge on any atom is -0.364 e. The Hall–Kier alpha value is -2.09. The number of rotatable bonds is 6. The van der Waals surface area contributed by atoms with Gasteiger partial charge in [-0.15, -0.1) is 0 Å². The standard InChI is InChI=1S/C18H21NO/c1-3-19(18-12-8-7-9-15(18)2)14-17(20)13-16-10-5-4-6-11-16/h4-12H,3,13-14H2,1-2H3. The quantitative estimate of drug-likeness (QED) is 0.796. The van der Waals surface area contributed by atoms with Gasteiger partial charge >= 0.3 is 0 Å². The third-order valence-electron chi connectivity index (χ3n) is 3.45. The molecule has 0 bridgehead atoms. The Balaban J connectivity index is 2.04. The first-order valence-electron chi connectivity index (χ1n) is 7.07. The Kier molecular flexibility index (Phi) is 4.94. The summed E-state index contributed by atoms with van der Waals surface area (Å²) in [5.41, 5.74) is 3.44. The van der Waals surface area contributed by atoms with Gasteiger partial charge in [0.25, 0.3) is 0 Å². The van der Waals surface area contributed by atoms with Crippen LogP contribution in [-0.4, -0.2) is 18.9 Å². The SMILES string of the molecule is CCN(CC(=O)Cc1ccccc1)c1ccccc1C. The van der Waals surface area contributed by atoms with Crippen LogP contribution in [0.2, 0.25) is 0 Å². The van der Waals surface area contributed by atoms with Crippen molar-refractivity contribution in [2.75, 3.05) is 18.0 Å². The van der Waals surface area contributed by atoms with Crippen molar-refractivity contribution in [3.05, 3.63) is 65.7 Å². The van der Waals surface area contributed by atoms with Gasteiger partial charge in [0, 0.05) is 18.7 Å². The molecule has 2 aromatic carbocycles. The van der Waals surface area contributed by atoms with Gasteiger partial charge in [-0.25, -0.2) is 0 Å². The van der Waals surface area contributed by atoms with Gasteiger partial charge in [0.15, 0.2) is 5.78 Å². The first-order chi connectivity index (χ1) is 9.70. The van der Waals surface area contributed by atoms with Crippen molar-refractivity contribution in [2.24, 2.45) is 0 Å². The van der Waals surface area contributed by atoms with Crippen molar-refractivity contribution < 1.29 is 4.79 Å². The molecule has 2 nitrogen and oxygen atoms in total. The van der Waals surface area contributed by atoms with Crippen LogP contribution in [0.3, 0.4) is 0 Å². The van der Waals surface area contributed by atoms with E-state index in [2.05, 4.69) is 30.9 Å². The molecule has 0 aromatic heterocycles. The molecule has 0 aliphatic carbocycles. The van der Waals surface area contributed by atoms with Crippen LogP contribution in [0.1, 0.15) is 18.1 Å². The summed E-state index contributed by atoms with van der Waals surface area (Å²) in [7, 11) is 0. The molecule has 0 aliphatic heterocycles. The predicted octanol–water partition coefficient (Wildman–Crippen LogP) is 3.63. The van der Waals surface area contributed by atoms with Gasteiger partial charge in [-0.05, 0) is 31.0 Å². The first kappa shape index (κ1) is 14.3. The van der Waals surface area contributed by atoms with Crippen LogP contribution in [0.5, 0.6) is 0 Å². The zero-order valence-corrected chi connectivity index (χ0v) is 12.2. The summed E-state index contributed by atoms with van der Waals surface area (Å²) in [4.78, 5) is 14.4. The maximum atomic E-state index is 12.2. The minimum atomic E-state index is 0.251. The maximum absolute atomic E-state index is 12.2. The monoisotopic (exact) mass is 267 g/mol. The van der Waals surface area contributed by atoms with Crippen LogP contribution in [0.25, 0.3) is 0 Å². The smallest absolute Gasteiger partial charge is 0.156 e. The molecule has 0 spiro atoms. The second-order valence-electron chi connectivity index (χ2n) is 5.00. The molecule has 0 heterocycles. The Labute approximate surface area is 121 Å². The number of anilines is 1. The van der Waals surface area contributed by atoms with E-state index in [0.29, 0.717) is 13.0 Å². The van der Waals surface area contributed by atoms with E-state index < -0.39 is 0 Å². The van der Waals surface area contributed by atoms with Crippen molar-refractivity contribution in [2.45, 2.75) is 20.3 Å². The van der Waals surface area contributed by atoms with E-state index in [1.54, 1.807) is 0 Å². The number of Topliss-reactive ketones (excluding diaryl/α,β-unsaturated/α-hetero) is 1. The summed E-state index contributed by atoms with van der Waals surface area (Å²) in [5.74, 6) is 0.251. The molecule has 2 aromatic rings. The molecule has 0 saturated heterocycles. The van der Waals surface area contributed by atoms with Gasteiger partial charge in [0.2, 0.25) is 0 Å². The summed E-state index contributed by atoms with van der Waals surface area (Å²) in [6.45, 7) is 5.48. The second-order valence-corrected chi connectivity index (χ2v) is 5.00. The van der Waals surface area contributed by atoms with Crippen molar-refractivity contribution in [3.63, 3.8) is 0 Å². The lowest BCUT2D eigenvalue weighted by Gasteiger charge is -2.24. The van der Waals surface area contributed by atoms with Gasteiger partial charge in [0.1, 0.15) is 0 Å². The highest BCUT2D eigenvalue weighted by Gasteiger charge is 2.12. The Morgan fingerprint density at radius 2 is 1.65 bits per heavy atom. The molecule has 0 saturated carbocycles. The molecular formula is C18H21NO. The molecule has 0 amide bonds. The van der Waals surface area contributed by atoms with Crippen molar-refractivity contribution >= 4 is 11.5 Å². The number of aryl methyl sites for hydroxylation is 1. The highest BCUT2D eigenvalue weighted by Crippen LogP contribution is 2.19. The van der Waals surface area contributed by atoms with E-state index in [1.807, 2.05) is 42.5 Å². The Morgan fingerprint density at radius 3 is 2.30 bits per heavy atom. The van der Waals surface area contributed by atoms with Crippen LogP contribution in [0.15, 0.2) is 54.6 Å². The number of carbonyl (C=O) groups is 1. The summed E-state index contributed by atoms with van der Waals surface area (Å²) in [6, 6.07) is 18.1. The van der Waals surface area contributed by atoms with Crippen molar-refractivity contribution in [1.29, 1.82) is 0 Å².